The molecule has 0 aliphatic rings. The number of hydrogen-bond acceptors (Lipinski definition) is 2. The van der Waals surface area contributed by atoms with Crippen LogP contribution in [-0.2, 0) is 4.79 Å². The molecular formula is C14H17NOSi. The van der Waals surface area contributed by atoms with Crippen LogP contribution in [0.5, 0.6) is 0 Å². The molecule has 17 heavy (non-hydrogen) atoms. The number of pyridine rings is 1. The van der Waals surface area contributed by atoms with Crippen LogP contribution < -0.4 is 0 Å². The highest BCUT2D eigenvalue weighted by molar-refractivity contribution is 6.83. The molecule has 0 bridgehead atoms. The van der Waals surface area contributed by atoms with Gasteiger partial charge in [0.05, 0.1) is 5.69 Å². The lowest BCUT2D eigenvalue weighted by Crippen LogP contribution is -2.16. The van der Waals surface area contributed by atoms with Crippen LogP contribution in [0.3, 0.4) is 0 Å². The maximum Gasteiger partial charge on any atom is 0.145 e. The molecule has 0 saturated heterocycles. The molecule has 1 aromatic heterocycles. The third kappa shape index (κ3) is 5.28. The van der Waals surface area contributed by atoms with Crippen molar-refractivity contribution in [1.29, 1.82) is 0 Å². The maximum absolute atomic E-state index is 10.5. The molecule has 1 heterocycles. The van der Waals surface area contributed by atoms with Crippen molar-refractivity contribution in [2.45, 2.75) is 26.6 Å². The van der Waals surface area contributed by atoms with Gasteiger partial charge in [-0.15, -0.1) is 5.54 Å². The first kappa shape index (κ1) is 13.4. The lowest BCUT2D eigenvalue weighted by atomic mass is 10.2. The van der Waals surface area contributed by atoms with Crippen molar-refractivity contribution in [3.8, 4) is 11.5 Å². The molecular weight excluding hydrogens is 226 g/mol. The number of aromatic nitrogens is 1. The highest BCUT2D eigenvalue weighted by Crippen LogP contribution is 2.06. The van der Waals surface area contributed by atoms with Crippen molar-refractivity contribution in [1.82, 2.24) is 4.98 Å². The Morgan fingerprint density at radius 1 is 1.41 bits per heavy atom. The standard InChI is InChI=1S/C14H17NOSi/c1-12(11-16)9-14-10-13(5-7-15-14)6-8-17(2,3)4/h5,7,9-11H,1-4H3/b12-9+. The second kappa shape index (κ2) is 5.60. The van der Waals surface area contributed by atoms with Crippen LogP contribution in [0.1, 0.15) is 18.2 Å². The summed E-state index contributed by atoms with van der Waals surface area (Å²) in [6, 6.07) is 3.79. The minimum atomic E-state index is -1.35. The summed E-state index contributed by atoms with van der Waals surface area (Å²) in [5.74, 6) is 3.17. The first-order valence-corrected chi connectivity index (χ1v) is 9.03. The molecule has 2 nitrogen and oxygen atoms in total. The van der Waals surface area contributed by atoms with Gasteiger partial charge in [-0.3, -0.25) is 9.78 Å². The Morgan fingerprint density at radius 3 is 2.71 bits per heavy atom. The second-order valence-electron chi connectivity index (χ2n) is 4.98. The van der Waals surface area contributed by atoms with Crippen molar-refractivity contribution in [3.63, 3.8) is 0 Å². The van der Waals surface area contributed by atoms with E-state index in [-0.39, 0.29) is 0 Å². The topological polar surface area (TPSA) is 30.0 Å². The van der Waals surface area contributed by atoms with Crippen molar-refractivity contribution >= 4 is 20.4 Å². The van der Waals surface area contributed by atoms with E-state index in [4.69, 9.17) is 0 Å². The van der Waals surface area contributed by atoms with Crippen LogP contribution in [0.15, 0.2) is 23.9 Å². The monoisotopic (exact) mass is 243 g/mol. The van der Waals surface area contributed by atoms with Crippen molar-refractivity contribution in [2.24, 2.45) is 0 Å². The molecule has 0 fully saturated rings. The Bertz CT molecular complexity index is 501. The van der Waals surface area contributed by atoms with Crippen LogP contribution in [0.4, 0.5) is 0 Å². The number of hydrogen-bond donors (Lipinski definition) is 0. The minimum absolute atomic E-state index is 0.660. The predicted octanol–water partition coefficient (Wildman–Crippen LogP) is 2.91. The molecule has 1 rings (SSSR count). The molecule has 0 unspecified atom stereocenters. The Labute approximate surface area is 104 Å². The number of allylic oxidation sites excluding steroid dienone is 1. The van der Waals surface area contributed by atoms with Gasteiger partial charge in [0.2, 0.25) is 0 Å². The molecule has 0 N–H and O–H groups in total. The Kier molecular flexibility index (Phi) is 4.42. The lowest BCUT2D eigenvalue weighted by Gasteiger charge is -2.03. The van der Waals surface area contributed by atoms with E-state index < -0.39 is 8.07 Å². The average molecular weight is 243 g/mol. The van der Waals surface area contributed by atoms with Gasteiger partial charge in [0.25, 0.3) is 0 Å². The van der Waals surface area contributed by atoms with E-state index in [1.807, 2.05) is 12.1 Å². The summed E-state index contributed by atoms with van der Waals surface area (Å²) in [5, 5.41) is 0. The van der Waals surface area contributed by atoms with Crippen LogP contribution in [0.2, 0.25) is 19.6 Å². The molecule has 0 radical (unpaired) electrons. The van der Waals surface area contributed by atoms with Crippen LogP contribution in [0.25, 0.3) is 6.08 Å². The molecule has 3 heteroatoms. The third-order valence-corrected chi connectivity index (χ3v) is 2.80. The van der Waals surface area contributed by atoms with E-state index in [9.17, 15) is 4.79 Å². The van der Waals surface area contributed by atoms with E-state index in [2.05, 4.69) is 36.1 Å². The summed E-state index contributed by atoms with van der Waals surface area (Å²) in [4.78, 5) is 14.7. The van der Waals surface area contributed by atoms with Gasteiger partial charge in [-0.1, -0.05) is 25.6 Å². The molecule has 0 aromatic carbocycles. The summed E-state index contributed by atoms with van der Waals surface area (Å²) in [6.45, 7) is 8.38. The van der Waals surface area contributed by atoms with Gasteiger partial charge in [0.1, 0.15) is 14.4 Å². The summed E-state index contributed by atoms with van der Waals surface area (Å²) >= 11 is 0. The summed E-state index contributed by atoms with van der Waals surface area (Å²) in [6.07, 6.45) is 4.30. The molecule has 88 valence electrons. The summed E-state index contributed by atoms with van der Waals surface area (Å²) in [5.41, 5.74) is 5.69. The fraction of sp³-hybridized carbons (Fsp3) is 0.286. The Morgan fingerprint density at radius 2 is 2.12 bits per heavy atom. The smallest absolute Gasteiger partial charge is 0.145 e. The van der Waals surface area contributed by atoms with E-state index in [1.54, 1.807) is 19.2 Å². The third-order valence-electron chi connectivity index (χ3n) is 1.92. The van der Waals surface area contributed by atoms with E-state index in [0.29, 0.717) is 5.57 Å². The van der Waals surface area contributed by atoms with Gasteiger partial charge in [-0.25, -0.2) is 0 Å². The van der Waals surface area contributed by atoms with Gasteiger partial charge < -0.3 is 0 Å². The fourth-order valence-electron chi connectivity index (χ4n) is 1.13. The molecule has 0 aliphatic heterocycles. The minimum Gasteiger partial charge on any atom is -0.298 e. The van der Waals surface area contributed by atoms with Crippen LogP contribution >= 0.6 is 0 Å². The van der Waals surface area contributed by atoms with Crippen LogP contribution in [0, 0.1) is 11.5 Å². The van der Waals surface area contributed by atoms with Crippen molar-refractivity contribution in [3.05, 3.63) is 35.2 Å². The molecule has 0 amide bonds. The van der Waals surface area contributed by atoms with E-state index in [0.717, 1.165) is 17.5 Å². The van der Waals surface area contributed by atoms with Crippen LogP contribution in [-0.4, -0.2) is 19.3 Å². The first-order valence-electron chi connectivity index (χ1n) is 5.53. The molecule has 0 saturated carbocycles. The van der Waals surface area contributed by atoms with Crippen molar-refractivity contribution in [2.75, 3.05) is 0 Å². The average Bonchev–Trinajstić information content (AvgIpc) is 2.26. The largest absolute Gasteiger partial charge is 0.298 e. The van der Waals surface area contributed by atoms with Gasteiger partial charge in [-0.2, -0.15) is 0 Å². The molecule has 0 aliphatic carbocycles. The highest BCUT2D eigenvalue weighted by atomic mass is 28.3. The fourth-order valence-corrected chi connectivity index (χ4v) is 1.65. The number of rotatable bonds is 2. The van der Waals surface area contributed by atoms with Gasteiger partial charge in [0, 0.05) is 11.8 Å². The lowest BCUT2D eigenvalue weighted by molar-refractivity contribution is -0.104. The summed E-state index contributed by atoms with van der Waals surface area (Å²) < 4.78 is 0. The molecule has 0 spiro atoms. The zero-order valence-electron chi connectivity index (χ0n) is 10.7. The Balaban J connectivity index is 3.01. The molecule has 0 atom stereocenters. The molecule has 1 aromatic rings. The van der Waals surface area contributed by atoms with Gasteiger partial charge >= 0.3 is 0 Å². The normalized spacial score (nSPS) is 11.6. The SMILES string of the molecule is C/C(C=O)=C\c1cc(C#C[Si](C)(C)C)ccn1. The van der Waals surface area contributed by atoms with Gasteiger partial charge in [-0.05, 0) is 30.7 Å². The quantitative estimate of drug-likeness (QED) is 0.346. The van der Waals surface area contributed by atoms with E-state index >= 15 is 0 Å². The zero-order chi connectivity index (χ0) is 12.9. The maximum atomic E-state index is 10.5. The van der Waals surface area contributed by atoms with Crippen molar-refractivity contribution < 1.29 is 4.79 Å². The highest BCUT2D eigenvalue weighted by Gasteiger charge is 2.07. The Hall–Kier alpha value is -1.66. The zero-order valence-corrected chi connectivity index (χ0v) is 11.7. The number of aldehydes is 1. The van der Waals surface area contributed by atoms with Gasteiger partial charge in [0.15, 0.2) is 0 Å². The number of nitrogens with zero attached hydrogens (tertiary/aromatic N) is 1. The number of carbonyl (C=O) groups excluding carboxylic acids is 1. The van der Waals surface area contributed by atoms with E-state index in [1.165, 1.54) is 0 Å². The predicted molar refractivity (Wildman–Crippen MR) is 74.2 cm³/mol. The number of carbonyl (C=O) groups is 1. The second-order valence-corrected chi connectivity index (χ2v) is 9.73. The summed E-state index contributed by atoms with van der Waals surface area (Å²) in [7, 11) is -1.35. The first-order chi connectivity index (χ1) is 7.90.